The highest BCUT2D eigenvalue weighted by Gasteiger charge is 2.10. The van der Waals surface area contributed by atoms with Gasteiger partial charge in [-0.3, -0.25) is 4.99 Å². The molecular formula is C19H29IN4O. The molecule has 0 aliphatic rings. The highest BCUT2D eigenvalue weighted by molar-refractivity contribution is 14.0. The molecule has 6 heteroatoms. The molecule has 0 aliphatic heterocycles. The van der Waals surface area contributed by atoms with Gasteiger partial charge in [0.2, 0.25) is 0 Å². The lowest BCUT2D eigenvalue weighted by atomic mass is 10.1. The molecule has 0 bridgehead atoms. The number of nitrogens with zero attached hydrogens (tertiary/aromatic N) is 3. The number of aryl methyl sites for hydroxylation is 3. The number of aliphatic imine (C=N–C) groups is 1. The van der Waals surface area contributed by atoms with Crippen molar-refractivity contribution in [2.45, 2.75) is 40.7 Å². The number of guanidine groups is 1. The normalized spacial score (nSPS) is 11.2. The van der Waals surface area contributed by atoms with E-state index in [0.717, 1.165) is 42.5 Å². The molecule has 2 aromatic rings. The molecule has 5 nitrogen and oxygen atoms in total. The van der Waals surface area contributed by atoms with Crippen molar-refractivity contribution in [3.05, 3.63) is 52.4 Å². The van der Waals surface area contributed by atoms with E-state index < -0.39 is 0 Å². The van der Waals surface area contributed by atoms with Crippen molar-refractivity contribution in [2.24, 2.45) is 4.99 Å². The van der Waals surface area contributed by atoms with Gasteiger partial charge in [-0.15, -0.1) is 24.0 Å². The molecule has 25 heavy (non-hydrogen) atoms. The molecule has 138 valence electrons. The summed E-state index contributed by atoms with van der Waals surface area (Å²) in [5.74, 6) is 1.81. The minimum Gasteiger partial charge on any atom is -0.361 e. The van der Waals surface area contributed by atoms with E-state index in [0.29, 0.717) is 6.54 Å². The predicted molar refractivity (Wildman–Crippen MR) is 114 cm³/mol. The van der Waals surface area contributed by atoms with Crippen molar-refractivity contribution in [1.29, 1.82) is 0 Å². The molecule has 1 N–H and O–H groups in total. The van der Waals surface area contributed by atoms with Crippen molar-refractivity contribution in [1.82, 2.24) is 15.4 Å². The summed E-state index contributed by atoms with van der Waals surface area (Å²) in [6.07, 6.45) is 0.842. The molecule has 0 saturated carbocycles. The second-order valence-electron chi connectivity index (χ2n) is 6.13. The molecule has 0 amide bonds. The van der Waals surface area contributed by atoms with Crippen LogP contribution in [0.4, 0.5) is 0 Å². The van der Waals surface area contributed by atoms with Gasteiger partial charge in [0.25, 0.3) is 0 Å². The Balaban J connectivity index is 0.00000312. The van der Waals surface area contributed by atoms with Crippen molar-refractivity contribution in [3.63, 3.8) is 0 Å². The largest absolute Gasteiger partial charge is 0.361 e. The molecule has 1 heterocycles. The van der Waals surface area contributed by atoms with E-state index in [1.165, 1.54) is 11.1 Å². The summed E-state index contributed by atoms with van der Waals surface area (Å²) >= 11 is 0. The molecular weight excluding hydrogens is 427 g/mol. The summed E-state index contributed by atoms with van der Waals surface area (Å²) in [5.41, 5.74) is 4.68. The zero-order valence-electron chi connectivity index (χ0n) is 15.8. The second-order valence-corrected chi connectivity index (χ2v) is 6.13. The predicted octanol–water partition coefficient (Wildman–Crippen LogP) is 3.86. The van der Waals surface area contributed by atoms with E-state index in [1.807, 2.05) is 13.8 Å². The Morgan fingerprint density at radius 2 is 1.88 bits per heavy atom. The SMILES string of the molecule is CCNC(=NCCc1c(C)noc1C)N(C)Cc1ccc(C)cc1.I. The van der Waals surface area contributed by atoms with Gasteiger partial charge in [-0.05, 0) is 39.7 Å². The van der Waals surface area contributed by atoms with E-state index in [2.05, 4.69) is 60.5 Å². The van der Waals surface area contributed by atoms with Crippen LogP contribution in [0.1, 0.15) is 35.1 Å². The fraction of sp³-hybridized carbons (Fsp3) is 0.474. The smallest absolute Gasteiger partial charge is 0.193 e. The highest BCUT2D eigenvalue weighted by Crippen LogP contribution is 2.13. The van der Waals surface area contributed by atoms with Crippen molar-refractivity contribution in [2.75, 3.05) is 20.1 Å². The van der Waals surface area contributed by atoms with Crippen LogP contribution < -0.4 is 5.32 Å². The quantitative estimate of drug-likeness (QED) is 0.408. The third kappa shape index (κ3) is 6.34. The van der Waals surface area contributed by atoms with Crippen LogP contribution in [-0.4, -0.2) is 36.2 Å². The zero-order chi connectivity index (χ0) is 17.5. The summed E-state index contributed by atoms with van der Waals surface area (Å²) < 4.78 is 5.21. The molecule has 0 saturated heterocycles. The first kappa shape index (κ1) is 21.5. The number of aromatic nitrogens is 1. The molecule has 2 rings (SSSR count). The molecule has 0 atom stereocenters. The van der Waals surface area contributed by atoms with Gasteiger partial charge < -0.3 is 14.7 Å². The number of hydrogen-bond acceptors (Lipinski definition) is 3. The Kier molecular flexibility index (Phi) is 8.96. The highest BCUT2D eigenvalue weighted by atomic mass is 127. The average Bonchev–Trinajstić information content (AvgIpc) is 2.88. The third-order valence-corrected chi connectivity index (χ3v) is 4.04. The summed E-state index contributed by atoms with van der Waals surface area (Å²) in [7, 11) is 2.07. The Morgan fingerprint density at radius 1 is 1.20 bits per heavy atom. The van der Waals surface area contributed by atoms with Crippen molar-refractivity contribution >= 4 is 29.9 Å². The van der Waals surface area contributed by atoms with E-state index >= 15 is 0 Å². The van der Waals surface area contributed by atoms with Crippen LogP contribution in [-0.2, 0) is 13.0 Å². The van der Waals surface area contributed by atoms with E-state index in [4.69, 9.17) is 9.52 Å². The Morgan fingerprint density at radius 3 is 2.44 bits per heavy atom. The summed E-state index contributed by atoms with van der Waals surface area (Å²) in [6.45, 7) is 10.5. The van der Waals surface area contributed by atoms with E-state index in [1.54, 1.807) is 0 Å². The number of benzene rings is 1. The van der Waals surface area contributed by atoms with Crippen LogP contribution in [0.25, 0.3) is 0 Å². The summed E-state index contributed by atoms with van der Waals surface area (Å²) in [6, 6.07) is 8.62. The molecule has 0 unspecified atom stereocenters. The lowest BCUT2D eigenvalue weighted by Gasteiger charge is -2.22. The van der Waals surface area contributed by atoms with Gasteiger partial charge in [0.1, 0.15) is 5.76 Å². The Labute approximate surface area is 167 Å². The monoisotopic (exact) mass is 456 g/mol. The van der Waals surface area contributed by atoms with Gasteiger partial charge in [-0.2, -0.15) is 0 Å². The maximum Gasteiger partial charge on any atom is 0.193 e. The molecule has 0 radical (unpaired) electrons. The van der Waals surface area contributed by atoms with Crippen LogP contribution in [0.3, 0.4) is 0 Å². The van der Waals surface area contributed by atoms with Gasteiger partial charge in [0, 0.05) is 32.2 Å². The minimum absolute atomic E-state index is 0. The first-order chi connectivity index (χ1) is 11.5. The standard InChI is InChI=1S/C19H28N4O.HI/c1-6-20-19(21-12-11-18-15(3)22-24-16(18)4)23(5)13-17-9-7-14(2)8-10-17;/h7-10H,6,11-13H2,1-5H3,(H,20,21);1H. The van der Waals surface area contributed by atoms with Gasteiger partial charge in [-0.25, -0.2) is 0 Å². The third-order valence-electron chi connectivity index (χ3n) is 4.04. The van der Waals surface area contributed by atoms with Gasteiger partial charge in [0.15, 0.2) is 5.96 Å². The van der Waals surface area contributed by atoms with Gasteiger partial charge >= 0.3 is 0 Å². The number of rotatable bonds is 6. The average molecular weight is 456 g/mol. The number of halogens is 1. The van der Waals surface area contributed by atoms with Crippen LogP contribution >= 0.6 is 24.0 Å². The first-order valence-electron chi connectivity index (χ1n) is 8.48. The maximum absolute atomic E-state index is 5.21. The summed E-state index contributed by atoms with van der Waals surface area (Å²) in [4.78, 5) is 6.90. The molecule has 0 fully saturated rings. The lowest BCUT2D eigenvalue weighted by molar-refractivity contribution is 0.392. The topological polar surface area (TPSA) is 53.7 Å². The molecule has 0 spiro atoms. The van der Waals surface area contributed by atoms with Crippen LogP contribution in [0.15, 0.2) is 33.8 Å². The maximum atomic E-state index is 5.21. The fourth-order valence-electron chi connectivity index (χ4n) is 2.64. The lowest BCUT2D eigenvalue weighted by Crippen LogP contribution is -2.38. The van der Waals surface area contributed by atoms with Crippen molar-refractivity contribution < 1.29 is 4.52 Å². The van der Waals surface area contributed by atoms with Gasteiger partial charge in [0.05, 0.1) is 5.69 Å². The fourth-order valence-corrected chi connectivity index (χ4v) is 2.64. The molecule has 1 aromatic carbocycles. The van der Waals surface area contributed by atoms with Crippen molar-refractivity contribution in [3.8, 4) is 0 Å². The molecule has 1 aromatic heterocycles. The Hall–Kier alpha value is -1.57. The first-order valence-corrected chi connectivity index (χ1v) is 8.48. The van der Waals surface area contributed by atoms with E-state index in [9.17, 15) is 0 Å². The molecule has 0 aliphatic carbocycles. The summed E-state index contributed by atoms with van der Waals surface area (Å²) in [5, 5.41) is 7.36. The van der Waals surface area contributed by atoms with E-state index in [-0.39, 0.29) is 24.0 Å². The van der Waals surface area contributed by atoms with Crippen LogP contribution in [0, 0.1) is 20.8 Å². The minimum atomic E-state index is 0. The number of hydrogen-bond donors (Lipinski definition) is 1. The van der Waals surface area contributed by atoms with Crippen LogP contribution in [0.5, 0.6) is 0 Å². The Bertz CT molecular complexity index is 660. The zero-order valence-corrected chi connectivity index (χ0v) is 18.1. The van der Waals surface area contributed by atoms with Crippen LogP contribution in [0.2, 0.25) is 0 Å². The number of nitrogens with one attached hydrogen (secondary N) is 1. The second kappa shape index (κ2) is 10.4. The van der Waals surface area contributed by atoms with Gasteiger partial charge in [-0.1, -0.05) is 35.0 Å².